The summed E-state index contributed by atoms with van der Waals surface area (Å²) in [6.45, 7) is 5.97. The lowest BCUT2D eigenvalue weighted by Gasteiger charge is -2.31. The van der Waals surface area contributed by atoms with Gasteiger partial charge in [0.05, 0.1) is 11.3 Å². The summed E-state index contributed by atoms with van der Waals surface area (Å²) in [5, 5.41) is 0. The smallest absolute Gasteiger partial charge is 0.312 e. The quantitative estimate of drug-likeness (QED) is 0.733. The number of fused-ring (bicyclic) bond motifs is 1. The zero-order valence-corrected chi connectivity index (χ0v) is 11.8. The summed E-state index contributed by atoms with van der Waals surface area (Å²) in [6.07, 6.45) is 3.00. The molecule has 2 aliphatic carbocycles. The van der Waals surface area contributed by atoms with Crippen LogP contribution in [0.15, 0.2) is 0 Å². The predicted molar refractivity (Wildman–Crippen MR) is 68.2 cm³/mol. The topological polar surface area (TPSA) is 52.6 Å². The molecule has 0 radical (unpaired) electrons. The van der Waals surface area contributed by atoms with Crippen molar-refractivity contribution in [2.24, 2.45) is 23.2 Å². The van der Waals surface area contributed by atoms with Crippen molar-refractivity contribution in [2.75, 3.05) is 0 Å². The molecule has 2 saturated carbocycles. The molecule has 5 atom stereocenters. The van der Waals surface area contributed by atoms with Gasteiger partial charge in [0, 0.05) is 11.8 Å². The van der Waals surface area contributed by atoms with Gasteiger partial charge in [0.1, 0.15) is 12.2 Å². The molecule has 0 spiro atoms. The molecule has 4 nitrogen and oxygen atoms in total. The highest BCUT2D eigenvalue weighted by Crippen LogP contribution is 2.55. The number of esters is 2. The number of ether oxygens (including phenoxy) is 2. The van der Waals surface area contributed by atoms with Crippen molar-refractivity contribution < 1.29 is 19.1 Å². The molecule has 1 saturated heterocycles. The van der Waals surface area contributed by atoms with Crippen LogP contribution in [0, 0.1) is 23.2 Å². The van der Waals surface area contributed by atoms with Gasteiger partial charge < -0.3 is 9.47 Å². The zero-order valence-electron chi connectivity index (χ0n) is 11.8. The monoisotopic (exact) mass is 266 g/mol. The molecule has 3 rings (SSSR count). The summed E-state index contributed by atoms with van der Waals surface area (Å²) in [6, 6.07) is 0. The van der Waals surface area contributed by atoms with Crippen molar-refractivity contribution in [1.29, 1.82) is 0 Å². The summed E-state index contributed by atoms with van der Waals surface area (Å²) in [7, 11) is 0. The van der Waals surface area contributed by atoms with Crippen LogP contribution in [-0.4, -0.2) is 24.1 Å². The lowest BCUT2D eigenvalue weighted by atomic mass is 9.84. The zero-order chi connectivity index (χ0) is 13.8. The Morgan fingerprint density at radius 3 is 2.68 bits per heavy atom. The molecule has 2 bridgehead atoms. The first kappa shape index (κ1) is 12.9. The maximum atomic E-state index is 12.4. The number of rotatable bonds is 4. The minimum Gasteiger partial charge on any atom is -0.458 e. The van der Waals surface area contributed by atoms with Gasteiger partial charge in [-0.3, -0.25) is 9.59 Å². The van der Waals surface area contributed by atoms with Gasteiger partial charge >= 0.3 is 11.9 Å². The normalized spacial score (nSPS) is 39.5. The minimum atomic E-state index is -0.413. The molecule has 4 heteroatoms. The Hall–Kier alpha value is -1.06. The molecule has 1 heterocycles. The maximum absolute atomic E-state index is 12.4. The molecular weight excluding hydrogens is 244 g/mol. The van der Waals surface area contributed by atoms with Crippen LogP contribution >= 0.6 is 0 Å². The van der Waals surface area contributed by atoms with Gasteiger partial charge in [-0.1, -0.05) is 13.8 Å². The second-order valence-corrected chi connectivity index (χ2v) is 6.54. The van der Waals surface area contributed by atoms with Crippen LogP contribution in [0.1, 0.15) is 46.5 Å². The fourth-order valence-electron chi connectivity index (χ4n) is 3.87. The van der Waals surface area contributed by atoms with Crippen LogP contribution in [0.25, 0.3) is 0 Å². The van der Waals surface area contributed by atoms with E-state index in [2.05, 4.69) is 0 Å². The molecule has 0 aromatic carbocycles. The molecule has 0 amide bonds. The second kappa shape index (κ2) is 4.22. The molecule has 0 N–H and O–H groups in total. The largest absolute Gasteiger partial charge is 0.458 e. The van der Waals surface area contributed by atoms with Crippen molar-refractivity contribution in [3.8, 4) is 0 Å². The van der Waals surface area contributed by atoms with E-state index in [-0.39, 0.29) is 30.1 Å². The molecular formula is C15H22O4. The number of carbonyl (C=O) groups is 2. The van der Waals surface area contributed by atoms with Crippen molar-refractivity contribution in [1.82, 2.24) is 0 Å². The third-order valence-electron chi connectivity index (χ3n) is 5.71. The first-order valence-electron chi connectivity index (χ1n) is 7.41. The van der Waals surface area contributed by atoms with Crippen LogP contribution < -0.4 is 0 Å². The van der Waals surface area contributed by atoms with Gasteiger partial charge in [-0.25, -0.2) is 0 Å². The molecule has 0 aromatic heterocycles. The second-order valence-electron chi connectivity index (χ2n) is 6.54. The van der Waals surface area contributed by atoms with Gasteiger partial charge in [-0.05, 0) is 32.6 Å². The molecule has 3 fully saturated rings. The third-order valence-corrected chi connectivity index (χ3v) is 5.71. The Bertz CT molecular complexity index is 412. The average Bonchev–Trinajstić information content (AvgIpc) is 3.02. The summed E-state index contributed by atoms with van der Waals surface area (Å²) in [5.74, 6) is 0.492. The fourth-order valence-corrected chi connectivity index (χ4v) is 3.87. The van der Waals surface area contributed by atoms with Crippen LogP contribution in [-0.2, 0) is 19.1 Å². The highest BCUT2D eigenvalue weighted by molar-refractivity contribution is 5.78. The maximum Gasteiger partial charge on any atom is 0.312 e. The first-order valence-corrected chi connectivity index (χ1v) is 7.41. The van der Waals surface area contributed by atoms with E-state index in [0.717, 1.165) is 25.7 Å². The van der Waals surface area contributed by atoms with E-state index >= 15 is 0 Å². The highest BCUT2D eigenvalue weighted by atomic mass is 16.6. The van der Waals surface area contributed by atoms with E-state index in [4.69, 9.17) is 9.47 Å². The molecule has 106 valence electrons. The molecule has 3 aliphatic rings. The lowest BCUT2D eigenvalue weighted by molar-refractivity contribution is -0.171. The van der Waals surface area contributed by atoms with Crippen molar-refractivity contribution in [3.05, 3.63) is 0 Å². The first-order chi connectivity index (χ1) is 9.00. The minimum absolute atomic E-state index is 0.0775. The summed E-state index contributed by atoms with van der Waals surface area (Å²) in [5.41, 5.74) is -0.413. The number of carbonyl (C=O) groups excluding carboxylic acids is 2. The number of hydrogen-bond donors (Lipinski definition) is 0. The van der Waals surface area contributed by atoms with Gasteiger partial charge in [-0.2, -0.15) is 0 Å². The van der Waals surface area contributed by atoms with Crippen molar-refractivity contribution >= 4 is 11.9 Å². The van der Waals surface area contributed by atoms with Crippen LogP contribution in [0.4, 0.5) is 0 Å². The van der Waals surface area contributed by atoms with E-state index in [9.17, 15) is 9.59 Å². The molecule has 5 unspecified atom stereocenters. The Morgan fingerprint density at radius 1 is 1.37 bits per heavy atom. The molecule has 1 aliphatic heterocycles. The Kier molecular flexibility index (Phi) is 2.88. The SMILES string of the molecule is CCC(C)(CC)C(=O)OC1C2CC3C(=O)OC1C3C2. The standard InChI is InChI=1S/C15H22O4/c1-4-15(3,5-2)14(17)19-11-8-6-9-10(7-8)13(16)18-12(9)11/h8-12H,4-7H2,1-3H3. The van der Waals surface area contributed by atoms with Crippen molar-refractivity contribution in [2.45, 2.75) is 58.7 Å². The fraction of sp³-hybridized carbons (Fsp3) is 0.867. The van der Waals surface area contributed by atoms with E-state index in [1.165, 1.54) is 0 Å². The van der Waals surface area contributed by atoms with Crippen molar-refractivity contribution in [3.63, 3.8) is 0 Å². The Morgan fingerprint density at radius 2 is 2.05 bits per heavy atom. The van der Waals surface area contributed by atoms with E-state index < -0.39 is 5.41 Å². The summed E-state index contributed by atoms with van der Waals surface area (Å²) < 4.78 is 11.2. The van der Waals surface area contributed by atoms with Crippen LogP contribution in [0.5, 0.6) is 0 Å². The number of hydrogen-bond acceptors (Lipinski definition) is 4. The average molecular weight is 266 g/mol. The van der Waals surface area contributed by atoms with E-state index in [0.29, 0.717) is 11.8 Å². The molecule has 19 heavy (non-hydrogen) atoms. The van der Waals surface area contributed by atoms with Gasteiger partial charge in [0.2, 0.25) is 0 Å². The van der Waals surface area contributed by atoms with E-state index in [1.54, 1.807) is 0 Å². The van der Waals surface area contributed by atoms with Gasteiger partial charge in [0.15, 0.2) is 0 Å². The van der Waals surface area contributed by atoms with Gasteiger partial charge in [-0.15, -0.1) is 0 Å². The lowest BCUT2D eigenvalue weighted by Crippen LogP contribution is -2.40. The van der Waals surface area contributed by atoms with E-state index in [1.807, 2.05) is 20.8 Å². The summed E-state index contributed by atoms with van der Waals surface area (Å²) in [4.78, 5) is 24.0. The summed E-state index contributed by atoms with van der Waals surface area (Å²) >= 11 is 0. The third kappa shape index (κ3) is 1.72. The highest BCUT2D eigenvalue weighted by Gasteiger charge is 2.63. The predicted octanol–water partition coefficient (Wildman–Crippen LogP) is 2.31. The Balaban J connectivity index is 1.72. The van der Waals surface area contributed by atoms with Gasteiger partial charge in [0.25, 0.3) is 0 Å². The Labute approximate surface area is 113 Å². The molecule has 0 aromatic rings. The van der Waals surface area contributed by atoms with Crippen LogP contribution in [0.3, 0.4) is 0 Å². The van der Waals surface area contributed by atoms with Crippen LogP contribution in [0.2, 0.25) is 0 Å².